The Morgan fingerprint density at radius 1 is 1.07 bits per heavy atom. The van der Waals surface area contributed by atoms with Crippen molar-refractivity contribution in [3.8, 4) is 5.75 Å². The van der Waals surface area contributed by atoms with E-state index < -0.39 is 17.9 Å². The van der Waals surface area contributed by atoms with E-state index in [1.807, 2.05) is 37.3 Å². The van der Waals surface area contributed by atoms with E-state index in [4.69, 9.17) is 0 Å². The minimum Gasteiger partial charge on any atom is -0.406 e. The summed E-state index contributed by atoms with van der Waals surface area (Å²) in [7, 11) is 0. The van der Waals surface area contributed by atoms with E-state index in [0.29, 0.717) is 12.2 Å². The van der Waals surface area contributed by atoms with E-state index in [0.717, 1.165) is 23.4 Å². The molecule has 1 heterocycles. The minimum absolute atomic E-state index is 0.139. The van der Waals surface area contributed by atoms with Crippen molar-refractivity contribution in [3.63, 3.8) is 0 Å². The summed E-state index contributed by atoms with van der Waals surface area (Å²) in [4.78, 5) is 0. The number of benzene rings is 2. The molecule has 0 atom stereocenters. The van der Waals surface area contributed by atoms with E-state index in [-0.39, 0.29) is 5.56 Å². The van der Waals surface area contributed by atoms with Gasteiger partial charge in [-0.25, -0.2) is 4.39 Å². The van der Waals surface area contributed by atoms with Crippen LogP contribution in [0, 0.1) is 6.92 Å². The molecule has 0 radical (unpaired) electrons. The predicted octanol–water partition coefficient (Wildman–Crippen LogP) is 5.61. The quantitative estimate of drug-likeness (QED) is 0.542. The molecule has 0 N–H and O–H groups in total. The van der Waals surface area contributed by atoms with Gasteiger partial charge in [0.15, 0.2) is 0 Å². The van der Waals surface area contributed by atoms with Crippen LogP contribution >= 0.6 is 0 Å². The van der Waals surface area contributed by atoms with Crippen LogP contribution in [0.25, 0.3) is 11.9 Å². The SMILES string of the molecule is Cc1cc(C=C(F)c2ccc(OC(F)(F)F)cc2)nn1Cc1ccccc1. The first-order valence-corrected chi connectivity index (χ1v) is 8.12. The first-order valence-electron chi connectivity index (χ1n) is 8.12. The molecule has 0 saturated heterocycles. The summed E-state index contributed by atoms with van der Waals surface area (Å²) in [6.45, 7) is 2.43. The van der Waals surface area contributed by atoms with Gasteiger partial charge in [0, 0.05) is 17.3 Å². The molecule has 0 fully saturated rings. The highest BCUT2D eigenvalue weighted by atomic mass is 19.4. The van der Waals surface area contributed by atoms with Gasteiger partial charge in [-0.3, -0.25) is 4.68 Å². The first kappa shape index (κ1) is 18.7. The summed E-state index contributed by atoms with van der Waals surface area (Å²) in [5.41, 5.74) is 2.50. The highest BCUT2D eigenvalue weighted by Crippen LogP contribution is 2.26. The van der Waals surface area contributed by atoms with Crippen molar-refractivity contribution in [1.29, 1.82) is 0 Å². The Balaban J connectivity index is 1.75. The van der Waals surface area contributed by atoms with Crippen LogP contribution in [0.3, 0.4) is 0 Å². The predicted molar refractivity (Wildman–Crippen MR) is 94.6 cm³/mol. The number of alkyl halides is 3. The second-order valence-corrected chi connectivity index (χ2v) is 5.92. The molecule has 140 valence electrons. The van der Waals surface area contributed by atoms with Gasteiger partial charge in [0.25, 0.3) is 0 Å². The number of hydrogen-bond acceptors (Lipinski definition) is 2. The zero-order valence-corrected chi connectivity index (χ0v) is 14.4. The van der Waals surface area contributed by atoms with Gasteiger partial charge < -0.3 is 4.74 Å². The van der Waals surface area contributed by atoms with Gasteiger partial charge in [0.05, 0.1) is 12.2 Å². The van der Waals surface area contributed by atoms with E-state index in [1.54, 1.807) is 10.7 Å². The summed E-state index contributed by atoms with van der Waals surface area (Å²) in [5, 5.41) is 4.36. The molecule has 0 saturated carbocycles. The van der Waals surface area contributed by atoms with Crippen LogP contribution in [0.4, 0.5) is 17.6 Å². The van der Waals surface area contributed by atoms with E-state index in [2.05, 4.69) is 9.84 Å². The third kappa shape index (κ3) is 5.20. The molecular formula is C20H16F4N2O. The van der Waals surface area contributed by atoms with Crippen LogP contribution in [0.15, 0.2) is 60.7 Å². The Labute approximate surface area is 153 Å². The van der Waals surface area contributed by atoms with Crippen molar-refractivity contribution in [2.75, 3.05) is 0 Å². The molecule has 3 nitrogen and oxygen atoms in total. The normalized spacial score (nSPS) is 12.3. The maximum Gasteiger partial charge on any atom is 0.573 e. The summed E-state index contributed by atoms with van der Waals surface area (Å²) >= 11 is 0. The molecule has 2 aromatic carbocycles. The number of nitrogens with zero attached hydrogens (tertiary/aromatic N) is 2. The Morgan fingerprint density at radius 3 is 2.37 bits per heavy atom. The van der Waals surface area contributed by atoms with Crippen molar-refractivity contribution in [3.05, 3.63) is 83.2 Å². The molecular weight excluding hydrogens is 360 g/mol. The second kappa shape index (κ2) is 7.65. The third-order valence-corrected chi connectivity index (χ3v) is 3.81. The molecule has 0 aliphatic heterocycles. The topological polar surface area (TPSA) is 27.1 Å². The highest BCUT2D eigenvalue weighted by Gasteiger charge is 2.30. The van der Waals surface area contributed by atoms with Crippen LogP contribution < -0.4 is 4.74 Å². The Kier molecular flexibility index (Phi) is 5.30. The van der Waals surface area contributed by atoms with Gasteiger partial charge in [0.1, 0.15) is 11.6 Å². The smallest absolute Gasteiger partial charge is 0.406 e. The molecule has 0 bridgehead atoms. The first-order chi connectivity index (χ1) is 12.8. The minimum atomic E-state index is -4.78. The summed E-state index contributed by atoms with van der Waals surface area (Å²) < 4.78 is 56.4. The van der Waals surface area contributed by atoms with E-state index in [9.17, 15) is 17.6 Å². The van der Waals surface area contributed by atoms with Crippen LogP contribution in [-0.4, -0.2) is 16.1 Å². The van der Waals surface area contributed by atoms with Gasteiger partial charge in [-0.2, -0.15) is 5.10 Å². The summed E-state index contributed by atoms with van der Waals surface area (Å²) in [6, 6.07) is 16.1. The van der Waals surface area contributed by atoms with Crippen LogP contribution in [0.2, 0.25) is 0 Å². The van der Waals surface area contributed by atoms with Gasteiger partial charge in [0.2, 0.25) is 0 Å². The average Bonchev–Trinajstić information content (AvgIpc) is 2.94. The molecule has 0 unspecified atom stereocenters. The lowest BCUT2D eigenvalue weighted by atomic mass is 10.1. The number of hydrogen-bond donors (Lipinski definition) is 0. The third-order valence-electron chi connectivity index (χ3n) is 3.81. The molecule has 0 aliphatic rings. The van der Waals surface area contributed by atoms with E-state index >= 15 is 0 Å². The summed E-state index contributed by atoms with van der Waals surface area (Å²) in [5.74, 6) is -1.00. The van der Waals surface area contributed by atoms with Crippen LogP contribution in [0.5, 0.6) is 5.75 Å². The maximum absolute atomic E-state index is 14.4. The fourth-order valence-corrected chi connectivity index (χ4v) is 2.55. The monoisotopic (exact) mass is 376 g/mol. The molecule has 0 aliphatic carbocycles. The molecule has 1 aromatic heterocycles. The second-order valence-electron chi connectivity index (χ2n) is 5.92. The number of rotatable bonds is 5. The Bertz CT molecular complexity index is 929. The Morgan fingerprint density at radius 2 is 1.74 bits per heavy atom. The maximum atomic E-state index is 14.4. The number of halogens is 4. The molecule has 7 heteroatoms. The fourth-order valence-electron chi connectivity index (χ4n) is 2.55. The summed E-state index contributed by atoms with van der Waals surface area (Å²) in [6.07, 6.45) is -3.53. The van der Waals surface area contributed by atoms with E-state index in [1.165, 1.54) is 18.2 Å². The number of ether oxygens (including phenoxy) is 1. The zero-order valence-electron chi connectivity index (χ0n) is 14.4. The van der Waals surface area contributed by atoms with Crippen LogP contribution in [-0.2, 0) is 6.54 Å². The van der Waals surface area contributed by atoms with Gasteiger partial charge in [-0.05, 0) is 42.8 Å². The molecule has 3 aromatic rings. The van der Waals surface area contributed by atoms with Crippen molar-refractivity contribution in [2.24, 2.45) is 0 Å². The average molecular weight is 376 g/mol. The molecule has 0 amide bonds. The lowest BCUT2D eigenvalue weighted by molar-refractivity contribution is -0.274. The van der Waals surface area contributed by atoms with Gasteiger partial charge in [-0.15, -0.1) is 13.2 Å². The van der Waals surface area contributed by atoms with Crippen molar-refractivity contribution >= 4 is 11.9 Å². The lowest BCUT2D eigenvalue weighted by Crippen LogP contribution is -2.16. The number of aryl methyl sites for hydroxylation is 1. The number of aromatic nitrogens is 2. The molecule has 3 rings (SSSR count). The fraction of sp³-hybridized carbons (Fsp3) is 0.150. The van der Waals surface area contributed by atoms with Crippen LogP contribution in [0.1, 0.15) is 22.5 Å². The Hall–Kier alpha value is -3.09. The largest absolute Gasteiger partial charge is 0.573 e. The van der Waals surface area contributed by atoms with Gasteiger partial charge in [-0.1, -0.05) is 30.3 Å². The molecule has 0 spiro atoms. The lowest BCUT2D eigenvalue weighted by Gasteiger charge is -2.08. The van der Waals surface area contributed by atoms with Crippen molar-refractivity contribution in [2.45, 2.75) is 19.8 Å². The standard InChI is InChI=1S/C20H16F4N2O/c1-14-11-17(25-26(14)13-15-5-3-2-4-6-15)12-19(21)16-7-9-18(10-8-16)27-20(22,23)24/h2-12H,13H2,1H3. The zero-order chi connectivity index (χ0) is 19.4. The van der Waals surface area contributed by atoms with Gasteiger partial charge >= 0.3 is 6.36 Å². The van der Waals surface area contributed by atoms with Crippen molar-refractivity contribution in [1.82, 2.24) is 9.78 Å². The van der Waals surface area contributed by atoms with Crippen molar-refractivity contribution < 1.29 is 22.3 Å². The highest BCUT2D eigenvalue weighted by molar-refractivity contribution is 5.75. The molecule has 27 heavy (non-hydrogen) atoms.